The van der Waals surface area contributed by atoms with Crippen molar-refractivity contribution in [2.75, 3.05) is 28.8 Å². The third-order valence-electron chi connectivity index (χ3n) is 4.94. The molecule has 0 saturated carbocycles. The lowest BCUT2D eigenvalue weighted by atomic mass is 10.2. The highest BCUT2D eigenvalue weighted by atomic mass is 16.2. The van der Waals surface area contributed by atoms with E-state index in [1.807, 2.05) is 116 Å². The monoisotopic (exact) mass is 408 g/mol. The quantitative estimate of drug-likeness (QED) is 0.392. The minimum absolute atomic E-state index is 0.181. The van der Waals surface area contributed by atoms with E-state index in [0.29, 0.717) is 0 Å². The van der Waals surface area contributed by atoms with Crippen molar-refractivity contribution in [1.82, 2.24) is 4.98 Å². The summed E-state index contributed by atoms with van der Waals surface area (Å²) in [5, 5.41) is 0. The summed E-state index contributed by atoms with van der Waals surface area (Å²) in [6.07, 6.45) is 3.39. The van der Waals surface area contributed by atoms with Crippen LogP contribution in [0.4, 0.5) is 33.2 Å². The fourth-order valence-corrected chi connectivity index (χ4v) is 3.40. The van der Waals surface area contributed by atoms with E-state index >= 15 is 0 Å². The summed E-state index contributed by atoms with van der Waals surface area (Å²) in [7, 11) is 3.97. The normalized spacial score (nSPS) is 10.4. The zero-order valence-electron chi connectivity index (χ0n) is 17.6. The Morgan fingerprint density at radius 3 is 1.58 bits per heavy atom. The fourth-order valence-electron chi connectivity index (χ4n) is 3.40. The van der Waals surface area contributed by atoms with Gasteiger partial charge in [0.2, 0.25) is 0 Å². The van der Waals surface area contributed by atoms with Crippen LogP contribution in [0.3, 0.4) is 0 Å². The smallest absolute Gasteiger partial charge is 0.338 e. The van der Waals surface area contributed by atoms with Crippen LogP contribution in [0.15, 0.2) is 109 Å². The number of hydrogen-bond acceptors (Lipinski definition) is 3. The van der Waals surface area contributed by atoms with Gasteiger partial charge >= 0.3 is 6.03 Å². The Kier molecular flexibility index (Phi) is 5.94. The van der Waals surface area contributed by atoms with E-state index in [0.717, 1.165) is 28.4 Å². The van der Waals surface area contributed by atoms with Crippen LogP contribution in [0.2, 0.25) is 0 Å². The second kappa shape index (κ2) is 9.13. The number of nitrogens with zero attached hydrogens (tertiary/aromatic N) is 4. The van der Waals surface area contributed by atoms with E-state index in [1.165, 1.54) is 0 Å². The molecule has 2 amide bonds. The van der Waals surface area contributed by atoms with Crippen LogP contribution in [0.5, 0.6) is 0 Å². The molecule has 31 heavy (non-hydrogen) atoms. The molecule has 1 aromatic heterocycles. The number of aromatic nitrogens is 1. The van der Waals surface area contributed by atoms with Crippen molar-refractivity contribution in [2.45, 2.75) is 0 Å². The molecule has 0 aliphatic heterocycles. The number of carbonyl (C=O) groups is 1. The third kappa shape index (κ3) is 4.41. The Morgan fingerprint density at radius 2 is 1.03 bits per heavy atom. The van der Waals surface area contributed by atoms with Crippen LogP contribution in [0.1, 0.15) is 0 Å². The van der Waals surface area contributed by atoms with Gasteiger partial charge in [0.05, 0.1) is 22.7 Å². The molecule has 3 aromatic carbocycles. The van der Waals surface area contributed by atoms with Gasteiger partial charge in [-0.2, -0.15) is 0 Å². The van der Waals surface area contributed by atoms with Crippen LogP contribution in [-0.4, -0.2) is 25.1 Å². The second-order valence-electron chi connectivity index (χ2n) is 7.24. The molecule has 0 N–H and O–H groups in total. The zero-order chi connectivity index (χ0) is 21.6. The molecule has 4 rings (SSSR count). The molecule has 0 saturated heterocycles. The fraction of sp³-hybridized carbons (Fsp3) is 0.0769. The predicted octanol–water partition coefficient (Wildman–Crippen LogP) is 6.24. The Labute approximate surface area is 182 Å². The van der Waals surface area contributed by atoms with E-state index in [2.05, 4.69) is 4.98 Å². The molecule has 0 bridgehead atoms. The number of anilines is 5. The van der Waals surface area contributed by atoms with Crippen LogP contribution >= 0.6 is 0 Å². The van der Waals surface area contributed by atoms with Crippen molar-refractivity contribution in [2.24, 2.45) is 0 Å². The maximum absolute atomic E-state index is 14.1. The van der Waals surface area contributed by atoms with Gasteiger partial charge in [-0.15, -0.1) is 0 Å². The van der Waals surface area contributed by atoms with E-state index in [-0.39, 0.29) is 6.03 Å². The first-order valence-electron chi connectivity index (χ1n) is 10.1. The Morgan fingerprint density at radius 1 is 0.581 bits per heavy atom. The lowest BCUT2D eigenvalue weighted by Gasteiger charge is -2.31. The molecule has 0 radical (unpaired) electrons. The summed E-state index contributed by atoms with van der Waals surface area (Å²) in [5.41, 5.74) is 4.12. The van der Waals surface area contributed by atoms with E-state index < -0.39 is 0 Å². The van der Waals surface area contributed by atoms with Crippen molar-refractivity contribution >= 4 is 34.5 Å². The van der Waals surface area contributed by atoms with E-state index in [1.54, 1.807) is 22.2 Å². The first-order valence-corrected chi connectivity index (χ1v) is 10.1. The van der Waals surface area contributed by atoms with Crippen molar-refractivity contribution in [3.63, 3.8) is 0 Å². The molecule has 0 unspecified atom stereocenters. The van der Waals surface area contributed by atoms with Gasteiger partial charge in [-0.1, -0.05) is 42.5 Å². The molecule has 0 fully saturated rings. The third-order valence-corrected chi connectivity index (χ3v) is 4.94. The topological polar surface area (TPSA) is 39.7 Å². The van der Waals surface area contributed by atoms with Crippen LogP contribution in [0.25, 0.3) is 0 Å². The maximum atomic E-state index is 14.1. The summed E-state index contributed by atoms with van der Waals surface area (Å²) >= 11 is 0. The number of amides is 2. The Hall–Kier alpha value is -4.12. The molecular formula is C26H24N4O. The highest BCUT2D eigenvalue weighted by molar-refractivity contribution is 6.12. The standard InChI is InChI=1S/C26H24N4O/c1-28(2)24-14-9-15-25(20-24)30(23-16-18-27-19-17-23)26(31)29(21-10-5-3-6-11-21)22-12-7-4-8-13-22/h3-20H,1-2H3. The van der Waals surface area contributed by atoms with Gasteiger partial charge in [0.15, 0.2) is 0 Å². The zero-order valence-corrected chi connectivity index (χ0v) is 17.6. The number of rotatable bonds is 5. The van der Waals surface area contributed by atoms with Gasteiger partial charge in [-0.05, 0) is 54.6 Å². The molecule has 0 atom stereocenters. The van der Waals surface area contributed by atoms with Gasteiger partial charge in [0, 0.05) is 32.2 Å². The molecule has 4 aromatic rings. The van der Waals surface area contributed by atoms with Gasteiger partial charge in [0.25, 0.3) is 0 Å². The maximum Gasteiger partial charge on any atom is 0.338 e. The summed E-state index contributed by atoms with van der Waals surface area (Å²) in [5.74, 6) is 0. The SMILES string of the molecule is CN(C)c1cccc(N(C(=O)N(c2ccccc2)c2ccccc2)c2ccncc2)c1. The van der Waals surface area contributed by atoms with Crippen LogP contribution in [-0.2, 0) is 0 Å². The summed E-state index contributed by atoms with van der Waals surface area (Å²) in [6, 6.07) is 30.8. The van der Waals surface area contributed by atoms with Gasteiger partial charge in [0.1, 0.15) is 0 Å². The summed E-state index contributed by atoms with van der Waals surface area (Å²) < 4.78 is 0. The highest BCUT2D eigenvalue weighted by Gasteiger charge is 2.27. The first-order chi connectivity index (χ1) is 15.1. The largest absolute Gasteiger partial charge is 0.378 e. The molecule has 5 nitrogen and oxygen atoms in total. The molecule has 5 heteroatoms. The van der Waals surface area contributed by atoms with Crippen LogP contribution in [0, 0.1) is 0 Å². The van der Waals surface area contributed by atoms with E-state index in [9.17, 15) is 4.79 Å². The molecule has 0 aliphatic carbocycles. The lowest BCUT2D eigenvalue weighted by Crippen LogP contribution is -2.38. The molecule has 1 heterocycles. The minimum atomic E-state index is -0.181. The number of benzene rings is 3. The van der Waals surface area contributed by atoms with Crippen molar-refractivity contribution < 1.29 is 4.79 Å². The van der Waals surface area contributed by atoms with Crippen LogP contribution < -0.4 is 14.7 Å². The number of carbonyl (C=O) groups excluding carboxylic acids is 1. The van der Waals surface area contributed by atoms with E-state index in [4.69, 9.17) is 0 Å². The predicted molar refractivity (Wildman–Crippen MR) is 128 cm³/mol. The average Bonchev–Trinajstić information content (AvgIpc) is 2.82. The minimum Gasteiger partial charge on any atom is -0.378 e. The summed E-state index contributed by atoms with van der Waals surface area (Å²) in [6.45, 7) is 0. The number of urea groups is 1. The molecule has 0 spiro atoms. The van der Waals surface area contributed by atoms with Gasteiger partial charge < -0.3 is 4.90 Å². The first kappa shape index (κ1) is 20.2. The Balaban J connectivity index is 1.87. The average molecular weight is 409 g/mol. The van der Waals surface area contributed by atoms with Gasteiger partial charge in [-0.3, -0.25) is 14.8 Å². The summed E-state index contributed by atoms with van der Waals surface area (Å²) in [4.78, 5) is 23.7. The second-order valence-corrected chi connectivity index (χ2v) is 7.24. The molecule has 154 valence electrons. The van der Waals surface area contributed by atoms with Crippen molar-refractivity contribution in [3.8, 4) is 0 Å². The molecular weight excluding hydrogens is 384 g/mol. The van der Waals surface area contributed by atoms with Gasteiger partial charge in [-0.25, -0.2) is 4.79 Å². The Bertz CT molecular complexity index is 1090. The highest BCUT2D eigenvalue weighted by Crippen LogP contribution is 2.34. The number of hydrogen-bond donors (Lipinski definition) is 0. The lowest BCUT2D eigenvalue weighted by molar-refractivity contribution is 0.255. The van der Waals surface area contributed by atoms with Crippen molar-refractivity contribution in [1.29, 1.82) is 0 Å². The molecule has 0 aliphatic rings. The number of para-hydroxylation sites is 2. The number of pyridine rings is 1. The van der Waals surface area contributed by atoms with Crippen molar-refractivity contribution in [3.05, 3.63) is 109 Å².